The molecular weight excluding hydrogens is 636 g/mol. The fourth-order valence-corrected chi connectivity index (χ4v) is 8.60. The van der Waals surface area contributed by atoms with Crippen LogP contribution in [0.15, 0.2) is 60.7 Å². The third-order valence-corrected chi connectivity index (χ3v) is 11.1. The molecule has 0 unspecified atom stereocenters. The Morgan fingerprint density at radius 1 is 0.440 bits per heavy atom. The van der Waals surface area contributed by atoms with E-state index in [0.29, 0.717) is 77.5 Å². The van der Waals surface area contributed by atoms with Crippen molar-refractivity contribution in [1.82, 2.24) is 30.2 Å². The summed E-state index contributed by atoms with van der Waals surface area (Å²) in [6, 6.07) is 13.8. The molecule has 6 amide bonds. The molecule has 0 bridgehead atoms. The van der Waals surface area contributed by atoms with Crippen LogP contribution >= 0.6 is 0 Å². The Morgan fingerprint density at radius 3 is 1.16 bits per heavy atom. The van der Waals surface area contributed by atoms with Crippen molar-refractivity contribution in [3.8, 4) is 0 Å². The first-order chi connectivity index (χ1) is 24.3. The fourth-order valence-electron chi connectivity index (χ4n) is 8.60. The molecule has 5 saturated heterocycles. The van der Waals surface area contributed by atoms with E-state index >= 15 is 0 Å². The Morgan fingerprint density at radius 2 is 0.760 bits per heavy atom. The van der Waals surface area contributed by atoms with Crippen molar-refractivity contribution in [2.75, 3.05) is 26.2 Å². The Kier molecular flexibility index (Phi) is 9.87. The summed E-state index contributed by atoms with van der Waals surface area (Å²) in [5, 5.41) is 5.99. The zero-order valence-corrected chi connectivity index (χ0v) is 28.4. The highest BCUT2D eigenvalue weighted by molar-refractivity contribution is 5.99. The number of carbonyl (C=O) groups excluding carboxylic acids is 6. The molecule has 2 aromatic carbocycles. The lowest BCUT2D eigenvalue weighted by Crippen LogP contribution is -2.61. The van der Waals surface area contributed by atoms with Crippen molar-refractivity contribution in [3.63, 3.8) is 0 Å². The number of amides is 6. The number of carbonyl (C=O) groups is 6. The second-order valence-corrected chi connectivity index (χ2v) is 14.3. The molecule has 5 heterocycles. The van der Waals surface area contributed by atoms with Crippen LogP contribution in [0.4, 0.5) is 0 Å². The predicted octanol–water partition coefficient (Wildman–Crippen LogP) is 1.42. The van der Waals surface area contributed by atoms with Crippen LogP contribution < -0.4 is 10.6 Å². The number of fused-ring (bicyclic) bond motifs is 4. The maximum Gasteiger partial charge on any atom is 0.246 e. The molecule has 0 spiro atoms. The van der Waals surface area contributed by atoms with Gasteiger partial charge in [-0.1, -0.05) is 60.7 Å². The van der Waals surface area contributed by atoms with E-state index in [1.165, 1.54) is 4.90 Å². The molecule has 5 aliphatic heterocycles. The topological polar surface area (TPSA) is 139 Å². The molecule has 5 fully saturated rings. The molecular formula is C38H46N6O6. The van der Waals surface area contributed by atoms with Gasteiger partial charge < -0.3 is 30.2 Å². The molecule has 12 nitrogen and oxygen atoms in total. The molecule has 0 aromatic heterocycles. The second-order valence-electron chi connectivity index (χ2n) is 14.3. The number of hydrogen-bond donors (Lipinski definition) is 2. The lowest BCUT2D eigenvalue weighted by molar-refractivity contribution is -0.152. The fraction of sp³-hybridized carbons (Fsp3) is 0.526. The van der Waals surface area contributed by atoms with Gasteiger partial charge in [0.05, 0.1) is 0 Å². The number of benzene rings is 2. The highest BCUT2D eigenvalue weighted by atomic mass is 16.2. The summed E-state index contributed by atoms with van der Waals surface area (Å²) in [4.78, 5) is 91.6. The molecule has 7 rings (SSSR count). The van der Waals surface area contributed by atoms with E-state index in [-0.39, 0.29) is 36.5 Å². The zero-order valence-electron chi connectivity index (χ0n) is 28.4. The van der Waals surface area contributed by atoms with Crippen LogP contribution in [0, 0.1) is 0 Å². The standard InChI is InChI=1S/C38H46N6O6/c45-33-29-15-7-19-41(29)35(47)27(23-25-11-3-1-4-12-25)39-34(46)30-16-8-20-42(30)37(49)32-18-10-22-44(32)38(50)31-17-9-21-43(31)36(48)28(40-33)24-26-13-5-2-6-14-26/h1-6,11-14,27-32H,7-10,15-24H2,(H,39,46)(H,40,45)/t27-,28-,29+,30+,31+,32-/m1/s1. The monoisotopic (exact) mass is 682 g/mol. The molecule has 264 valence electrons. The highest BCUT2D eigenvalue weighted by Gasteiger charge is 2.48. The first kappa shape index (κ1) is 33.7. The van der Waals surface area contributed by atoms with E-state index in [9.17, 15) is 28.8 Å². The van der Waals surface area contributed by atoms with Gasteiger partial charge in [-0.05, 0) is 62.5 Å². The Labute approximate surface area is 292 Å². The Hall–Kier alpha value is -4.74. The molecule has 5 aliphatic rings. The van der Waals surface area contributed by atoms with Gasteiger partial charge in [0.25, 0.3) is 0 Å². The predicted molar refractivity (Wildman–Crippen MR) is 183 cm³/mol. The maximum atomic E-state index is 14.4. The molecule has 0 saturated carbocycles. The van der Waals surface area contributed by atoms with Gasteiger partial charge in [0.1, 0.15) is 36.3 Å². The third kappa shape index (κ3) is 6.72. The van der Waals surface area contributed by atoms with E-state index in [1.807, 2.05) is 60.7 Å². The first-order valence-corrected chi connectivity index (χ1v) is 18.2. The molecule has 2 aromatic rings. The minimum absolute atomic E-state index is 0.216. The van der Waals surface area contributed by atoms with Crippen LogP contribution in [0.1, 0.15) is 62.5 Å². The minimum Gasteiger partial charge on any atom is -0.342 e. The van der Waals surface area contributed by atoms with E-state index in [0.717, 1.165) is 11.1 Å². The van der Waals surface area contributed by atoms with E-state index in [1.54, 1.807) is 14.7 Å². The number of nitrogens with one attached hydrogen (secondary N) is 2. The van der Waals surface area contributed by atoms with Gasteiger partial charge in [0.2, 0.25) is 35.4 Å². The summed E-state index contributed by atoms with van der Waals surface area (Å²) in [5.74, 6) is -2.05. The summed E-state index contributed by atoms with van der Waals surface area (Å²) in [6.07, 6.45) is 4.75. The van der Waals surface area contributed by atoms with Crippen molar-refractivity contribution < 1.29 is 28.8 Å². The Balaban J connectivity index is 1.25. The summed E-state index contributed by atoms with van der Waals surface area (Å²) in [5.41, 5.74) is 1.70. The smallest absolute Gasteiger partial charge is 0.246 e. The second kappa shape index (κ2) is 14.6. The first-order valence-electron chi connectivity index (χ1n) is 18.2. The zero-order chi connectivity index (χ0) is 34.8. The van der Waals surface area contributed by atoms with Crippen LogP contribution in [0.5, 0.6) is 0 Å². The highest BCUT2D eigenvalue weighted by Crippen LogP contribution is 2.30. The average Bonchev–Trinajstić information content (AvgIpc) is 3.97. The molecule has 2 N–H and O–H groups in total. The van der Waals surface area contributed by atoms with Crippen LogP contribution in [0.2, 0.25) is 0 Å². The van der Waals surface area contributed by atoms with Gasteiger partial charge in [-0.25, -0.2) is 0 Å². The van der Waals surface area contributed by atoms with Gasteiger partial charge >= 0.3 is 0 Å². The average molecular weight is 683 g/mol. The molecule has 50 heavy (non-hydrogen) atoms. The van der Waals surface area contributed by atoms with E-state index in [2.05, 4.69) is 10.6 Å². The molecule has 12 heteroatoms. The number of nitrogens with zero attached hydrogens (tertiary/aromatic N) is 4. The normalized spacial score (nSPS) is 29.6. The molecule has 0 radical (unpaired) electrons. The molecule has 0 aliphatic carbocycles. The summed E-state index contributed by atoms with van der Waals surface area (Å²) in [7, 11) is 0. The van der Waals surface area contributed by atoms with Gasteiger partial charge in [-0.2, -0.15) is 0 Å². The third-order valence-electron chi connectivity index (χ3n) is 11.1. The minimum atomic E-state index is -0.966. The maximum absolute atomic E-state index is 14.4. The van der Waals surface area contributed by atoms with Gasteiger partial charge in [0.15, 0.2) is 0 Å². The van der Waals surface area contributed by atoms with Crippen LogP contribution in [0.25, 0.3) is 0 Å². The van der Waals surface area contributed by atoms with Crippen molar-refractivity contribution in [1.29, 1.82) is 0 Å². The van der Waals surface area contributed by atoms with Crippen molar-refractivity contribution in [2.24, 2.45) is 0 Å². The van der Waals surface area contributed by atoms with Crippen molar-refractivity contribution >= 4 is 35.4 Å². The lowest BCUT2D eigenvalue weighted by atomic mass is 10.0. The van der Waals surface area contributed by atoms with Gasteiger partial charge in [-0.3, -0.25) is 28.8 Å². The number of rotatable bonds is 4. The lowest BCUT2D eigenvalue weighted by Gasteiger charge is -2.36. The summed E-state index contributed by atoms with van der Waals surface area (Å²) < 4.78 is 0. The SMILES string of the molecule is O=C1N[C@H](Cc2ccccc2)C(=O)N2CCC[C@H]2C(=O)N[C@H](Cc2ccccc2)C(=O)N2CCC[C@H]2C(=O)N2CCC[C@@H]2C(=O)N2CCC[C@@H]12. The van der Waals surface area contributed by atoms with Crippen molar-refractivity contribution in [2.45, 2.75) is 100 Å². The van der Waals surface area contributed by atoms with Crippen molar-refractivity contribution in [3.05, 3.63) is 71.8 Å². The van der Waals surface area contributed by atoms with Crippen LogP contribution in [-0.4, -0.2) is 117 Å². The van der Waals surface area contributed by atoms with E-state index in [4.69, 9.17) is 0 Å². The van der Waals surface area contributed by atoms with Crippen LogP contribution in [0.3, 0.4) is 0 Å². The van der Waals surface area contributed by atoms with Crippen LogP contribution in [-0.2, 0) is 41.6 Å². The summed E-state index contributed by atoms with van der Waals surface area (Å²) >= 11 is 0. The number of hydrogen-bond acceptors (Lipinski definition) is 6. The Bertz CT molecular complexity index is 1620. The quantitative estimate of drug-likeness (QED) is 0.501. The van der Waals surface area contributed by atoms with Gasteiger partial charge in [-0.15, -0.1) is 0 Å². The molecule has 6 atom stereocenters. The largest absolute Gasteiger partial charge is 0.342 e. The summed E-state index contributed by atoms with van der Waals surface area (Å²) in [6.45, 7) is 1.49. The van der Waals surface area contributed by atoms with Gasteiger partial charge in [0, 0.05) is 39.0 Å². The van der Waals surface area contributed by atoms with E-state index < -0.39 is 48.1 Å².